The van der Waals surface area contributed by atoms with E-state index in [2.05, 4.69) is 10.6 Å². The molecule has 9 heteroatoms. The Balaban J connectivity index is 1.73. The third-order valence-electron chi connectivity index (χ3n) is 5.34. The van der Waals surface area contributed by atoms with Gasteiger partial charge in [0.2, 0.25) is 5.91 Å². The number of hydrogen-bond donors (Lipinski definition) is 3. The predicted molar refractivity (Wildman–Crippen MR) is 125 cm³/mol. The van der Waals surface area contributed by atoms with Gasteiger partial charge in [-0.15, -0.1) is 0 Å². The molecule has 0 saturated carbocycles. The number of carbonyl (C=O) groups is 4. The highest BCUT2D eigenvalue weighted by Gasteiger charge is 2.43. The van der Waals surface area contributed by atoms with E-state index in [1.54, 1.807) is 32.9 Å². The van der Waals surface area contributed by atoms with Gasteiger partial charge in [-0.05, 0) is 51.3 Å². The summed E-state index contributed by atoms with van der Waals surface area (Å²) in [6, 6.07) is 13.5. The highest BCUT2D eigenvalue weighted by atomic mass is 16.6. The minimum Gasteiger partial charge on any atom is -0.478 e. The zero-order chi connectivity index (χ0) is 24.9. The van der Waals surface area contributed by atoms with Gasteiger partial charge in [-0.2, -0.15) is 0 Å². The monoisotopic (exact) mass is 467 g/mol. The largest absolute Gasteiger partial charge is 0.478 e. The van der Waals surface area contributed by atoms with Crippen LogP contribution in [0.4, 0.5) is 10.5 Å². The summed E-state index contributed by atoms with van der Waals surface area (Å²) in [4.78, 5) is 51.3. The lowest BCUT2D eigenvalue weighted by molar-refractivity contribution is -0.164. The fourth-order valence-electron chi connectivity index (χ4n) is 3.95. The standard InChI is InChI=1S/C25H29N3O6/c1-25(2,3)34-23(32)20-14-13-19(16-9-5-4-6-10-16)28(20)21(29)15-26-24(33)27-18-12-8-7-11-17(18)22(30)31/h4-12,19-20H,13-15H2,1-3H3,(H,30,31)(H2,26,27,33). The van der Waals surface area contributed by atoms with Crippen LogP contribution in [-0.2, 0) is 14.3 Å². The lowest BCUT2D eigenvalue weighted by Crippen LogP contribution is -2.48. The minimum absolute atomic E-state index is 0.0716. The van der Waals surface area contributed by atoms with Gasteiger partial charge < -0.3 is 25.4 Å². The van der Waals surface area contributed by atoms with E-state index in [9.17, 15) is 24.3 Å². The molecule has 2 unspecified atom stereocenters. The van der Waals surface area contributed by atoms with Gasteiger partial charge in [0.1, 0.15) is 11.6 Å². The lowest BCUT2D eigenvalue weighted by atomic mass is 10.0. The molecule has 1 aliphatic heterocycles. The first-order valence-corrected chi connectivity index (χ1v) is 11.0. The lowest BCUT2D eigenvalue weighted by Gasteiger charge is -2.31. The summed E-state index contributed by atoms with van der Waals surface area (Å²) >= 11 is 0. The summed E-state index contributed by atoms with van der Waals surface area (Å²) in [5.74, 6) is -2.11. The Morgan fingerprint density at radius 1 is 1.00 bits per heavy atom. The Morgan fingerprint density at radius 3 is 2.29 bits per heavy atom. The molecule has 2 atom stereocenters. The maximum atomic E-state index is 13.2. The summed E-state index contributed by atoms with van der Waals surface area (Å²) < 4.78 is 5.54. The number of urea groups is 1. The number of hydrogen-bond acceptors (Lipinski definition) is 5. The molecule has 0 radical (unpaired) electrons. The Bertz CT molecular complexity index is 1060. The van der Waals surface area contributed by atoms with Crippen LogP contribution in [0.1, 0.15) is 55.6 Å². The third-order valence-corrected chi connectivity index (χ3v) is 5.34. The maximum absolute atomic E-state index is 13.2. The molecule has 1 aliphatic rings. The Kier molecular flexibility index (Phi) is 7.55. The van der Waals surface area contributed by atoms with Crippen LogP contribution in [0, 0.1) is 0 Å². The number of amides is 3. The van der Waals surface area contributed by atoms with Crippen molar-refractivity contribution in [3.63, 3.8) is 0 Å². The van der Waals surface area contributed by atoms with E-state index in [1.165, 1.54) is 17.0 Å². The van der Waals surface area contributed by atoms with Crippen LogP contribution in [0.15, 0.2) is 54.6 Å². The number of esters is 1. The molecule has 0 bridgehead atoms. The van der Waals surface area contributed by atoms with E-state index in [4.69, 9.17) is 4.74 Å². The number of aromatic carboxylic acids is 1. The van der Waals surface area contributed by atoms with Crippen LogP contribution >= 0.6 is 0 Å². The molecule has 34 heavy (non-hydrogen) atoms. The average Bonchev–Trinajstić information content (AvgIpc) is 3.23. The van der Waals surface area contributed by atoms with Gasteiger partial charge in [0.15, 0.2) is 0 Å². The van der Waals surface area contributed by atoms with Gasteiger partial charge >= 0.3 is 18.0 Å². The topological polar surface area (TPSA) is 125 Å². The van der Waals surface area contributed by atoms with Crippen molar-refractivity contribution in [2.75, 3.05) is 11.9 Å². The second-order valence-electron chi connectivity index (χ2n) is 9.01. The summed E-state index contributed by atoms with van der Waals surface area (Å²) in [5.41, 5.74) is 0.223. The Morgan fingerprint density at radius 2 is 1.65 bits per heavy atom. The van der Waals surface area contributed by atoms with Gasteiger partial charge in [-0.1, -0.05) is 42.5 Å². The van der Waals surface area contributed by atoms with Crippen LogP contribution in [0.25, 0.3) is 0 Å². The number of benzene rings is 2. The second kappa shape index (κ2) is 10.4. The van der Waals surface area contributed by atoms with Crippen LogP contribution in [0.2, 0.25) is 0 Å². The predicted octanol–water partition coefficient (Wildman–Crippen LogP) is 3.58. The molecule has 3 rings (SSSR count). The fourth-order valence-corrected chi connectivity index (χ4v) is 3.95. The number of nitrogens with zero attached hydrogens (tertiary/aromatic N) is 1. The molecule has 3 amide bonds. The molecule has 2 aromatic rings. The normalized spacial score (nSPS) is 17.7. The van der Waals surface area contributed by atoms with Gasteiger partial charge in [-0.3, -0.25) is 4.79 Å². The second-order valence-corrected chi connectivity index (χ2v) is 9.01. The molecule has 1 heterocycles. The van der Waals surface area contributed by atoms with E-state index >= 15 is 0 Å². The van der Waals surface area contributed by atoms with Crippen molar-refractivity contribution >= 4 is 29.6 Å². The number of carboxylic acid groups (broad SMARTS) is 1. The number of anilines is 1. The molecule has 3 N–H and O–H groups in total. The van der Waals surface area contributed by atoms with Gasteiger partial charge in [0, 0.05) is 0 Å². The quantitative estimate of drug-likeness (QED) is 0.558. The molecule has 9 nitrogen and oxygen atoms in total. The van der Waals surface area contributed by atoms with Crippen LogP contribution in [0.3, 0.4) is 0 Å². The highest BCUT2D eigenvalue weighted by Crippen LogP contribution is 2.37. The zero-order valence-electron chi connectivity index (χ0n) is 19.4. The minimum atomic E-state index is -1.19. The van der Waals surface area contributed by atoms with Crippen molar-refractivity contribution < 1.29 is 29.0 Å². The van der Waals surface area contributed by atoms with Gasteiger partial charge in [-0.25, -0.2) is 14.4 Å². The molecule has 2 aromatic carbocycles. The number of para-hydroxylation sites is 1. The first-order valence-electron chi connectivity index (χ1n) is 11.0. The SMILES string of the molecule is CC(C)(C)OC(=O)C1CCC(c2ccccc2)N1C(=O)CNC(=O)Nc1ccccc1C(=O)O. The van der Waals surface area contributed by atoms with Crippen molar-refractivity contribution in [1.29, 1.82) is 0 Å². The van der Waals surface area contributed by atoms with Crippen LogP contribution in [-0.4, -0.2) is 52.1 Å². The smallest absolute Gasteiger partial charge is 0.337 e. The van der Waals surface area contributed by atoms with Crippen molar-refractivity contribution in [1.82, 2.24) is 10.2 Å². The van der Waals surface area contributed by atoms with Gasteiger partial charge in [0.25, 0.3) is 0 Å². The van der Waals surface area contributed by atoms with E-state index in [1.807, 2.05) is 30.3 Å². The van der Waals surface area contributed by atoms with Gasteiger partial charge in [0.05, 0.1) is 23.8 Å². The number of ether oxygens (including phenoxy) is 1. The zero-order valence-corrected chi connectivity index (χ0v) is 19.4. The van der Waals surface area contributed by atoms with Crippen LogP contribution < -0.4 is 10.6 Å². The van der Waals surface area contributed by atoms with Crippen molar-refractivity contribution in [2.45, 2.75) is 51.3 Å². The van der Waals surface area contributed by atoms with Crippen LogP contribution in [0.5, 0.6) is 0 Å². The number of rotatable bonds is 6. The molecule has 0 spiro atoms. The van der Waals surface area contributed by atoms with Crippen molar-refractivity contribution in [3.05, 3.63) is 65.7 Å². The number of carbonyl (C=O) groups excluding carboxylic acids is 3. The average molecular weight is 468 g/mol. The number of likely N-dealkylation sites (tertiary alicyclic amines) is 1. The molecular weight excluding hydrogens is 438 g/mol. The van der Waals surface area contributed by atoms with E-state index in [0.717, 1.165) is 5.56 Å². The number of nitrogens with one attached hydrogen (secondary N) is 2. The first kappa shape index (κ1) is 24.8. The van der Waals surface area contributed by atoms with E-state index in [-0.39, 0.29) is 23.8 Å². The highest BCUT2D eigenvalue weighted by molar-refractivity contribution is 6.00. The Hall–Kier alpha value is -3.88. The third kappa shape index (κ3) is 6.12. The summed E-state index contributed by atoms with van der Waals surface area (Å²) in [6.07, 6.45) is 1.02. The summed E-state index contributed by atoms with van der Waals surface area (Å²) in [7, 11) is 0. The summed E-state index contributed by atoms with van der Waals surface area (Å²) in [5, 5.41) is 14.2. The summed E-state index contributed by atoms with van der Waals surface area (Å²) in [6.45, 7) is 4.92. The Labute approximate surface area is 198 Å². The molecule has 180 valence electrons. The molecule has 0 aliphatic carbocycles. The van der Waals surface area contributed by atoms with E-state index < -0.39 is 35.5 Å². The molecule has 1 fully saturated rings. The maximum Gasteiger partial charge on any atom is 0.337 e. The van der Waals surface area contributed by atoms with E-state index in [0.29, 0.717) is 12.8 Å². The molecule has 1 saturated heterocycles. The van der Waals surface area contributed by atoms with Crippen molar-refractivity contribution in [3.8, 4) is 0 Å². The van der Waals surface area contributed by atoms with Crippen molar-refractivity contribution in [2.24, 2.45) is 0 Å². The fraction of sp³-hybridized carbons (Fsp3) is 0.360. The number of carboxylic acids is 1. The molecule has 0 aromatic heterocycles. The molecular formula is C25H29N3O6. The first-order chi connectivity index (χ1) is 16.1.